The van der Waals surface area contributed by atoms with Gasteiger partial charge in [-0.15, -0.1) is 10.2 Å². The molecule has 1 saturated heterocycles. The maximum absolute atomic E-state index is 13.1. The van der Waals surface area contributed by atoms with E-state index >= 15 is 0 Å². The molecular weight excluding hydrogens is 458 g/mol. The first kappa shape index (κ1) is 27.2. The first-order valence-electron chi connectivity index (χ1n) is 12.6. The number of ether oxygens (including phenoxy) is 2. The minimum Gasteiger partial charge on any atom is -0.497 e. The van der Waals surface area contributed by atoms with Crippen LogP contribution in [0.1, 0.15) is 34.1 Å². The van der Waals surface area contributed by atoms with E-state index < -0.39 is 0 Å². The average molecular weight is 498 g/mol. The number of benzene rings is 1. The molecule has 1 aromatic heterocycles. The molecule has 2 heterocycles. The van der Waals surface area contributed by atoms with Gasteiger partial charge in [0.2, 0.25) is 11.8 Å². The predicted octanol–water partition coefficient (Wildman–Crippen LogP) is 3.34. The molecule has 0 unspecified atom stereocenters. The van der Waals surface area contributed by atoms with Crippen molar-refractivity contribution in [3.63, 3.8) is 0 Å². The lowest BCUT2D eigenvalue weighted by molar-refractivity contribution is -0.142. The van der Waals surface area contributed by atoms with Gasteiger partial charge in [-0.1, -0.05) is 27.7 Å². The molecule has 3 rings (SSSR count). The number of rotatable bonds is 9. The van der Waals surface area contributed by atoms with Crippen molar-refractivity contribution in [2.24, 2.45) is 11.8 Å². The van der Waals surface area contributed by atoms with E-state index in [0.717, 1.165) is 24.3 Å². The predicted molar refractivity (Wildman–Crippen MR) is 140 cm³/mol. The third kappa shape index (κ3) is 6.86. The molecule has 1 fully saturated rings. The maximum Gasteiger partial charge on any atom is 0.242 e. The first-order valence-corrected chi connectivity index (χ1v) is 12.6. The molecule has 0 bridgehead atoms. The normalized spacial score (nSPS) is 14.1. The lowest BCUT2D eigenvalue weighted by Crippen LogP contribution is -2.46. The van der Waals surface area contributed by atoms with Crippen molar-refractivity contribution in [3.05, 3.63) is 30.3 Å². The van der Waals surface area contributed by atoms with Gasteiger partial charge in [-0.25, -0.2) is 0 Å². The monoisotopic (exact) mass is 497 g/mol. The van der Waals surface area contributed by atoms with Gasteiger partial charge in [0.15, 0.2) is 5.82 Å². The fourth-order valence-corrected chi connectivity index (χ4v) is 4.35. The Balaban J connectivity index is 1.65. The highest BCUT2D eigenvalue weighted by atomic mass is 16.5. The third-order valence-electron chi connectivity index (χ3n) is 6.22. The number of methoxy groups -OCH3 is 2. The Hall–Kier alpha value is -3.36. The van der Waals surface area contributed by atoms with E-state index in [4.69, 9.17) is 9.47 Å². The van der Waals surface area contributed by atoms with Crippen LogP contribution in [0.2, 0.25) is 0 Å². The minimum absolute atomic E-state index is 0.000433. The molecule has 2 amide bonds. The van der Waals surface area contributed by atoms with Gasteiger partial charge in [0.1, 0.15) is 11.5 Å². The molecule has 36 heavy (non-hydrogen) atoms. The number of aromatic nitrogens is 2. The Morgan fingerprint density at radius 2 is 1.75 bits per heavy atom. The Morgan fingerprint density at radius 3 is 2.36 bits per heavy atom. The van der Waals surface area contributed by atoms with E-state index in [1.807, 2.05) is 49.1 Å². The fraction of sp³-hybridized carbons (Fsp3) is 0.556. The number of anilines is 1. The second-order valence-electron chi connectivity index (χ2n) is 9.83. The Labute approximate surface area is 214 Å². The molecule has 1 aromatic carbocycles. The third-order valence-corrected chi connectivity index (χ3v) is 6.22. The zero-order valence-electron chi connectivity index (χ0n) is 22.4. The number of nitrogens with zero attached hydrogens (tertiary/aromatic N) is 5. The van der Waals surface area contributed by atoms with Crippen molar-refractivity contribution in [1.82, 2.24) is 20.0 Å². The SMILES string of the molecule is COc1ccc(-c2ccc(N3CCCN(C(=O)CN(CC(C)C)C(=O)C(C)C)CC3)nn2)c(OC)c1. The quantitative estimate of drug-likeness (QED) is 0.525. The van der Waals surface area contributed by atoms with Gasteiger partial charge < -0.3 is 24.2 Å². The zero-order chi connectivity index (χ0) is 26.2. The van der Waals surface area contributed by atoms with Gasteiger partial charge in [0, 0.05) is 50.3 Å². The average Bonchev–Trinajstić information content (AvgIpc) is 3.13. The summed E-state index contributed by atoms with van der Waals surface area (Å²) in [4.78, 5) is 31.4. The van der Waals surface area contributed by atoms with Gasteiger partial charge in [-0.3, -0.25) is 9.59 Å². The summed E-state index contributed by atoms with van der Waals surface area (Å²) in [5.74, 6) is 2.36. The van der Waals surface area contributed by atoms with Crippen molar-refractivity contribution >= 4 is 17.6 Å². The van der Waals surface area contributed by atoms with E-state index in [2.05, 4.69) is 28.9 Å². The summed E-state index contributed by atoms with van der Waals surface area (Å²) in [6, 6.07) is 9.48. The Bertz CT molecular complexity index is 1030. The van der Waals surface area contributed by atoms with Gasteiger partial charge in [0.05, 0.1) is 26.5 Å². The second-order valence-corrected chi connectivity index (χ2v) is 9.83. The highest BCUT2D eigenvalue weighted by molar-refractivity contribution is 5.85. The van der Waals surface area contributed by atoms with Crippen molar-refractivity contribution in [3.8, 4) is 22.8 Å². The zero-order valence-corrected chi connectivity index (χ0v) is 22.4. The lowest BCUT2D eigenvalue weighted by atomic mass is 10.1. The number of carbonyl (C=O) groups excluding carboxylic acids is 2. The van der Waals surface area contributed by atoms with Gasteiger partial charge in [-0.05, 0) is 36.6 Å². The molecule has 0 atom stereocenters. The van der Waals surface area contributed by atoms with Crippen LogP contribution >= 0.6 is 0 Å². The summed E-state index contributed by atoms with van der Waals surface area (Å²) < 4.78 is 10.8. The van der Waals surface area contributed by atoms with E-state index in [9.17, 15) is 9.59 Å². The van der Waals surface area contributed by atoms with Crippen molar-refractivity contribution in [2.75, 3.05) is 58.4 Å². The van der Waals surface area contributed by atoms with Gasteiger partial charge in [-0.2, -0.15) is 0 Å². The Kier molecular flexibility index (Phi) is 9.50. The van der Waals surface area contributed by atoms with Crippen molar-refractivity contribution < 1.29 is 19.1 Å². The maximum atomic E-state index is 13.1. The van der Waals surface area contributed by atoms with Crippen LogP contribution in [0.4, 0.5) is 5.82 Å². The van der Waals surface area contributed by atoms with E-state index in [1.165, 1.54) is 0 Å². The molecule has 2 aromatic rings. The van der Waals surface area contributed by atoms with Crippen LogP contribution in [0.3, 0.4) is 0 Å². The largest absolute Gasteiger partial charge is 0.497 e. The number of carbonyl (C=O) groups is 2. The molecule has 9 nitrogen and oxygen atoms in total. The van der Waals surface area contributed by atoms with Gasteiger partial charge in [0.25, 0.3) is 0 Å². The molecule has 0 spiro atoms. The molecular formula is C27H39N5O4. The highest BCUT2D eigenvalue weighted by Crippen LogP contribution is 2.32. The molecule has 0 aliphatic carbocycles. The summed E-state index contributed by atoms with van der Waals surface area (Å²) >= 11 is 0. The lowest BCUT2D eigenvalue weighted by Gasteiger charge is -2.29. The standard InChI is InChI=1S/C27H39N5O4/c1-19(2)17-32(27(34)20(3)4)18-26(33)31-13-7-12-30(14-15-31)25-11-10-23(28-29-25)22-9-8-21(35-5)16-24(22)36-6/h8-11,16,19-20H,7,12-15,17-18H2,1-6H3. The van der Waals surface area contributed by atoms with Gasteiger partial charge >= 0.3 is 0 Å². The number of amides is 2. The van der Waals surface area contributed by atoms with Crippen LogP contribution in [0.15, 0.2) is 30.3 Å². The highest BCUT2D eigenvalue weighted by Gasteiger charge is 2.25. The summed E-state index contributed by atoms with van der Waals surface area (Å²) in [5, 5.41) is 8.90. The Morgan fingerprint density at radius 1 is 0.972 bits per heavy atom. The molecule has 0 radical (unpaired) electrons. The fourth-order valence-electron chi connectivity index (χ4n) is 4.35. The minimum atomic E-state index is -0.129. The molecule has 0 saturated carbocycles. The smallest absolute Gasteiger partial charge is 0.242 e. The summed E-state index contributed by atoms with van der Waals surface area (Å²) in [6.07, 6.45) is 0.823. The summed E-state index contributed by atoms with van der Waals surface area (Å²) in [7, 11) is 3.23. The van der Waals surface area contributed by atoms with Crippen molar-refractivity contribution in [2.45, 2.75) is 34.1 Å². The van der Waals surface area contributed by atoms with Crippen LogP contribution in [-0.2, 0) is 9.59 Å². The molecule has 196 valence electrons. The molecule has 9 heteroatoms. The molecule has 1 aliphatic rings. The van der Waals surface area contributed by atoms with E-state index in [0.29, 0.717) is 49.3 Å². The first-order chi connectivity index (χ1) is 17.2. The van der Waals surface area contributed by atoms with Crippen LogP contribution < -0.4 is 14.4 Å². The summed E-state index contributed by atoms with van der Waals surface area (Å²) in [5.41, 5.74) is 1.55. The van der Waals surface area contributed by atoms with Crippen LogP contribution in [0.5, 0.6) is 11.5 Å². The van der Waals surface area contributed by atoms with Crippen LogP contribution in [0, 0.1) is 11.8 Å². The molecule has 1 aliphatic heterocycles. The topological polar surface area (TPSA) is 88.1 Å². The van der Waals surface area contributed by atoms with Crippen LogP contribution in [-0.4, -0.2) is 85.3 Å². The van der Waals surface area contributed by atoms with Crippen LogP contribution in [0.25, 0.3) is 11.3 Å². The summed E-state index contributed by atoms with van der Waals surface area (Å²) in [6.45, 7) is 11.3. The van der Waals surface area contributed by atoms with E-state index in [-0.39, 0.29) is 24.3 Å². The number of hydrogen-bond acceptors (Lipinski definition) is 7. The second kappa shape index (κ2) is 12.6. The van der Waals surface area contributed by atoms with Crippen molar-refractivity contribution in [1.29, 1.82) is 0 Å². The number of hydrogen-bond donors (Lipinski definition) is 0. The molecule has 0 N–H and O–H groups in total. The van der Waals surface area contributed by atoms with E-state index in [1.54, 1.807) is 19.1 Å².